The van der Waals surface area contributed by atoms with Gasteiger partial charge < -0.3 is 4.74 Å². The number of carbonyl (C=O) groups excluding carboxylic acids is 1. The molecule has 1 aliphatic rings. The second kappa shape index (κ2) is 5.40. The van der Waals surface area contributed by atoms with Crippen LogP contribution in [0.4, 0.5) is 0 Å². The van der Waals surface area contributed by atoms with E-state index in [1.807, 2.05) is 0 Å². The molecule has 0 fully saturated rings. The van der Waals surface area contributed by atoms with E-state index in [0.29, 0.717) is 6.42 Å². The molecule has 0 N–H and O–H groups in total. The van der Waals surface area contributed by atoms with E-state index in [2.05, 4.69) is 75.2 Å². The monoisotopic (exact) mass is 410 g/mol. The van der Waals surface area contributed by atoms with Crippen molar-refractivity contribution in [2.75, 3.05) is 7.11 Å². The zero-order chi connectivity index (χ0) is 15.2. The Hall–Kier alpha value is -0.870. The molecule has 0 aromatic heterocycles. The largest absolute Gasteiger partial charge is 0.469 e. The molecule has 1 aliphatic carbocycles. The van der Waals surface area contributed by atoms with Gasteiger partial charge in [-0.2, -0.15) is 0 Å². The van der Waals surface area contributed by atoms with Crippen LogP contribution in [0.1, 0.15) is 29.3 Å². The lowest BCUT2D eigenvalue weighted by atomic mass is 9.85. The number of halogens is 2. The molecule has 0 aliphatic heterocycles. The first-order chi connectivity index (χ1) is 10.00. The summed E-state index contributed by atoms with van der Waals surface area (Å²) in [4.78, 5) is 11.8. The maximum Gasteiger partial charge on any atom is 0.305 e. The summed E-state index contributed by atoms with van der Waals surface area (Å²) >= 11 is 7.80. The number of hydrogen-bond acceptors (Lipinski definition) is 2. The molecular weight excluding hydrogens is 396 g/mol. The van der Waals surface area contributed by atoms with Gasteiger partial charge in [0.1, 0.15) is 0 Å². The number of alkyl halides is 2. The van der Waals surface area contributed by atoms with E-state index >= 15 is 0 Å². The van der Waals surface area contributed by atoms with Crippen molar-refractivity contribution in [2.24, 2.45) is 5.92 Å². The van der Waals surface area contributed by atoms with E-state index in [9.17, 15) is 4.79 Å². The van der Waals surface area contributed by atoms with Crippen LogP contribution in [-0.2, 0) is 13.9 Å². The first kappa shape index (κ1) is 15.0. The molecular formula is C17H16Br2O2. The fourth-order valence-electron chi connectivity index (χ4n) is 3.26. The van der Waals surface area contributed by atoms with Gasteiger partial charge in [0.05, 0.1) is 16.3 Å². The van der Waals surface area contributed by atoms with Gasteiger partial charge in [-0.3, -0.25) is 4.79 Å². The van der Waals surface area contributed by atoms with Gasteiger partial charge in [-0.15, -0.1) is 0 Å². The van der Waals surface area contributed by atoms with Crippen molar-refractivity contribution < 1.29 is 9.53 Å². The minimum absolute atomic E-state index is 0.104. The maximum atomic E-state index is 11.7. The van der Waals surface area contributed by atoms with E-state index in [1.165, 1.54) is 29.0 Å². The Kier molecular flexibility index (Phi) is 3.87. The summed E-state index contributed by atoms with van der Waals surface area (Å²) < 4.78 is 4.53. The van der Waals surface area contributed by atoms with Gasteiger partial charge in [0.15, 0.2) is 0 Å². The number of carbonyl (C=O) groups is 1. The molecule has 0 radical (unpaired) electrons. The zero-order valence-electron chi connectivity index (χ0n) is 11.9. The van der Waals surface area contributed by atoms with Crippen LogP contribution in [0.2, 0.25) is 0 Å². The molecule has 3 atom stereocenters. The smallest absolute Gasteiger partial charge is 0.305 e. The Labute approximate surface area is 141 Å². The zero-order valence-corrected chi connectivity index (χ0v) is 15.1. The van der Waals surface area contributed by atoms with E-state index in [-0.39, 0.29) is 21.0 Å². The molecule has 0 amide bonds. The number of benzene rings is 2. The topological polar surface area (TPSA) is 26.3 Å². The van der Waals surface area contributed by atoms with Gasteiger partial charge in [0, 0.05) is 6.42 Å². The van der Waals surface area contributed by atoms with Crippen LogP contribution in [0.5, 0.6) is 0 Å². The van der Waals surface area contributed by atoms with Gasteiger partial charge in [-0.1, -0.05) is 75.2 Å². The molecule has 0 heterocycles. The van der Waals surface area contributed by atoms with Gasteiger partial charge in [0.25, 0.3) is 0 Å². The average molecular weight is 412 g/mol. The van der Waals surface area contributed by atoms with Crippen LogP contribution in [0, 0.1) is 5.92 Å². The summed E-state index contributed by atoms with van der Waals surface area (Å²) in [5.41, 5.74) is 2.52. The third kappa shape index (κ3) is 2.15. The maximum absolute atomic E-state index is 11.7. The van der Waals surface area contributed by atoms with Crippen molar-refractivity contribution in [3.05, 3.63) is 47.5 Å². The minimum atomic E-state index is -0.301. The van der Waals surface area contributed by atoms with E-state index < -0.39 is 0 Å². The highest BCUT2D eigenvalue weighted by Gasteiger charge is 2.48. The van der Waals surface area contributed by atoms with Gasteiger partial charge in [-0.05, 0) is 27.8 Å². The molecule has 21 heavy (non-hydrogen) atoms. The molecule has 3 unspecified atom stereocenters. The average Bonchev–Trinajstić information content (AvgIpc) is 2.73. The molecule has 110 valence electrons. The molecule has 0 saturated heterocycles. The quantitative estimate of drug-likeness (QED) is 0.520. The number of rotatable bonds is 3. The molecule has 0 saturated carbocycles. The number of esters is 1. The number of hydrogen-bond donors (Lipinski definition) is 0. The Morgan fingerprint density at radius 2 is 2.00 bits per heavy atom. The number of ether oxygens (including phenoxy) is 1. The summed E-state index contributed by atoms with van der Waals surface area (Å²) in [6.07, 6.45) is 0.383. The van der Waals surface area contributed by atoms with Crippen molar-refractivity contribution in [1.29, 1.82) is 0 Å². The summed E-state index contributed by atoms with van der Waals surface area (Å²) in [7, 11) is 1.44. The minimum Gasteiger partial charge on any atom is -0.469 e. The lowest BCUT2D eigenvalue weighted by molar-refractivity contribution is -0.141. The van der Waals surface area contributed by atoms with Crippen molar-refractivity contribution in [3.63, 3.8) is 0 Å². The van der Waals surface area contributed by atoms with Crippen LogP contribution >= 0.6 is 31.9 Å². The highest BCUT2D eigenvalue weighted by Crippen LogP contribution is 2.61. The summed E-state index contributed by atoms with van der Waals surface area (Å²) in [5.74, 6) is -0.0727. The Morgan fingerprint density at radius 1 is 1.33 bits per heavy atom. The van der Waals surface area contributed by atoms with E-state index in [0.717, 1.165) is 0 Å². The van der Waals surface area contributed by atoms with Gasteiger partial charge in [0.2, 0.25) is 0 Å². The van der Waals surface area contributed by atoms with Gasteiger partial charge >= 0.3 is 5.97 Å². The van der Waals surface area contributed by atoms with Crippen LogP contribution < -0.4 is 0 Å². The third-order valence-electron chi connectivity index (χ3n) is 4.41. The van der Waals surface area contributed by atoms with Crippen LogP contribution in [-0.4, -0.2) is 13.1 Å². The Morgan fingerprint density at radius 3 is 2.67 bits per heavy atom. The van der Waals surface area contributed by atoms with Crippen molar-refractivity contribution >= 4 is 48.6 Å². The number of methoxy groups -OCH3 is 1. The lowest BCUT2D eigenvalue weighted by Gasteiger charge is -2.34. The van der Waals surface area contributed by atoms with Crippen LogP contribution in [0.25, 0.3) is 10.8 Å². The lowest BCUT2D eigenvalue weighted by Crippen LogP contribution is -2.30. The second-order valence-electron chi connectivity index (χ2n) is 5.56. The summed E-state index contributed by atoms with van der Waals surface area (Å²) in [5, 5.41) is 2.52. The summed E-state index contributed by atoms with van der Waals surface area (Å²) in [6, 6.07) is 12.7. The highest BCUT2D eigenvalue weighted by molar-refractivity contribution is 9.12. The van der Waals surface area contributed by atoms with E-state index in [4.69, 9.17) is 4.74 Å². The highest BCUT2D eigenvalue weighted by atomic mass is 79.9. The fraction of sp³-hybridized carbons (Fsp3) is 0.353. The van der Waals surface area contributed by atoms with Crippen molar-refractivity contribution in [2.45, 2.75) is 22.5 Å². The molecule has 3 rings (SSSR count). The van der Waals surface area contributed by atoms with Gasteiger partial charge in [-0.25, -0.2) is 0 Å². The Balaban J connectivity index is 2.14. The molecule has 2 aromatic rings. The molecule has 0 bridgehead atoms. The fourth-order valence-corrected chi connectivity index (χ4v) is 5.08. The summed E-state index contributed by atoms with van der Waals surface area (Å²) in [6.45, 7) is 2.09. The molecule has 4 heteroatoms. The van der Waals surface area contributed by atoms with Crippen molar-refractivity contribution in [1.82, 2.24) is 0 Å². The van der Waals surface area contributed by atoms with E-state index in [1.54, 1.807) is 0 Å². The molecule has 2 aromatic carbocycles. The molecule has 0 spiro atoms. The molecule has 2 nitrogen and oxygen atoms in total. The third-order valence-corrected chi connectivity index (χ3v) is 7.91. The first-order valence-electron chi connectivity index (χ1n) is 6.92. The van der Waals surface area contributed by atoms with Crippen LogP contribution in [0.3, 0.4) is 0 Å². The standard InChI is InChI=1S/C17H16Br2O2/c1-10(9-14(20)21-2)17(19)13-8-4-6-11-5-3-7-12(15(11)13)16(17)18/h3-8,10,16H,9H2,1-2H3. The second-order valence-corrected chi connectivity index (χ2v) is 7.79. The Bertz CT molecular complexity index is 708. The predicted octanol–water partition coefficient (Wildman–Crippen LogP) is 5.08. The normalized spacial score (nSPS) is 25.0. The van der Waals surface area contributed by atoms with Crippen molar-refractivity contribution in [3.8, 4) is 0 Å². The predicted molar refractivity (Wildman–Crippen MR) is 92.0 cm³/mol. The van der Waals surface area contributed by atoms with Crippen LogP contribution in [0.15, 0.2) is 36.4 Å². The SMILES string of the molecule is COC(=O)CC(C)C1(Br)c2cccc3cccc(c23)C1Br. The first-order valence-corrected chi connectivity index (χ1v) is 8.63.